The number of halogens is 1. The van der Waals surface area contributed by atoms with Gasteiger partial charge >= 0.3 is 0 Å². The van der Waals surface area contributed by atoms with Crippen LogP contribution >= 0.6 is 0 Å². The predicted octanol–water partition coefficient (Wildman–Crippen LogP) is 3.51. The van der Waals surface area contributed by atoms with E-state index in [2.05, 4.69) is 10.2 Å². The van der Waals surface area contributed by atoms with Gasteiger partial charge < -0.3 is 9.64 Å². The predicted molar refractivity (Wildman–Crippen MR) is 93.9 cm³/mol. The number of benzene rings is 2. The topological polar surface area (TPSA) is 58.2 Å². The number of rotatable bonds is 5. The lowest BCUT2D eigenvalue weighted by atomic mass is 10.1. The molecule has 1 aliphatic rings. The number of H-pyrrole nitrogens is 1. The standard InChI is InChI=1S/C19H18FN3O2/c20-14-5-3-13(4-6-14)19-17-10-15(7-8-18(17)21-22-19)23(12-24)11-16-2-1-9-25-16/h3-8,10,12,16H,1-2,9,11H2,(H,21,22). The summed E-state index contributed by atoms with van der Waals surface area (Å²) >= 11 is 0. The molecule has 5 nitrogen and oxygen atoms in total. The number of aromatic amines is 1. The van der Waals surface area contributed by atoms with Crippen LogP contribution in [0.25, 0.3) is 22.2 Å². The molecule has 2 heterocycles. The number of carbonyl (C=O) groups excluding carboxylic acids is 1. The van der Waals surface area contributed by atoms with Gasteiger partial charge in [-0.1, -0.05) is 0 Å². The van der Waals surface area contributed by atoms with E-state index in [4.69, 9.17) is 4.74 Å². The molecule has 0 saturated carbocycles. The van der Waals surface area contributed by atoms with Gasteiger partial charge in [-0.2, -0.15) is 5.10 Å². The average molecular weight is 339 g/mol. The van der Waals surface area contributed by atoms with E-state index in [0.29, 0.717) is 6.54 Å². The Bertz CT molecular complexity index is 885. The number of nitrogens with one attached hydrogen (secondary N) is 1. The first-order valence-corrected chi connectivity index (χ1v) is 8.32. The van der Waals surface area contributed by atoms with Gasteiger partial charge in [-0.25, -0.2) is 4.39 Å². The second kappa shape index (κ2) is 6.64. The molecule has 128 valence electrons. The van der Waals surface area contributed by atoms with Crippen LogP contribution in [0, 0.1) is 5.82 Å². The number of fused-ring (bicyclic) bond motifs is 1. The highest BCUT2D eigenvalue weighted by Gasteiger charge is 2.20. The number of aromatic nitrogens is 2. The molecule has 4 rings (SSSR count). The van der Waals surface area contributed by atoms with Gasteiger partial charge in [0, 0.05) is 23.2 Å². The SMILES string of the molecule is O=CN(CC1CCCO1)c1ccc2[nH]nc(-c3ccc(F)cc3)c2c1. The first kappa shape index (κ1) is 15.8. The van der Waals surface area contributed by atoms with Gasteiger partial charge in [0.05, 0.1) is 23.9 Å². The third-order valence-electron chi connectivity index (χ3n) is 4.55. The third kappa shape index (κ3) is 3.13. The number of anilines is 1. The maximum absolute atomic E-state index is 13.2. The van der Waals surface area contributed by atoms with Crippen molar-refractivity contribution in [1.29, 1.82) is 0 Å². The highest BCUT2D eigenvalue weighted by atomic mass is 19.1. The second-order valence-electron chi connectivity index (χ2n) is 6.20. The van der Waals surface area contributed by atoms with Gasteiger partial charge in [0.1, 0.15) is 5.82 Å². The zero-order valence-corrected chi connectivity index (χ0v) is 13.6. The largest absolute Gasteiger partial charge is 0.376 e. The number of hydrogen-bond donors (Lipinski definition) is 1. The molecule has 1 amide bonds. The minimum atomic E-state index is -0.284. The Hall–Kier alpha value is -2.73. The van der Waals surface area contributed by atoms with Crippen molar-refractivity contribution < 1.29 is 13.9 Å². The summed E-state index contributed by atoms with van der Waals surface area (Å²) in [4.78, 5) is 13.2. The Kier molecular flexibility index (Phi) is 4.19. The fourth-order valence-electron chi connectivity index (χ4n) is 3.23. The molecule has 0 bridgehead atoms. The van der Waals surface area contributed by atoms with E-state index in [-0.39, 0.29) is 11.9 Å². The van der Waals surface area contributed by atoms with Crippen LogP contribution in [-0.4, -0.2) is 35.9 Å². The van der Waals surface area contributed by atoms with Crippen LogP contribution in [0.2, 0.25) is 0 Å². The molecule has 0 radical (unpaired) electrons. The van der Waals surface area contributed by atoms with Crippen molar-refractivity contribution in [2.24, 2.45) is 0 Å². The fraction of sp³-hybridized carbons (Fsp3) is 0.263. The number of carbonyl (C=O) groups is 1. The number of nitrogens with zero attached hydrogens (tertiary/aromatic N) is 2. The summed E-state index contributed by atoms with van der Waals surface area (Å²) in [6.45, 7) is 1.30. The van der Waals surface area contributed by atoms with Crippen LogP contribution in [0.15, 0.2) is 42.5 Å². The summed E-state index contributed by atoms with van der Waals surface area (Å²) < 4.78 is 18.8. The van der Waals surface area contributed by atoms with Gasteiger partial charge in [-0.15, -0.1) is 0 Å². The number of hydrogen-bond acceptors (Lipinski definition) is 3. The molecule has 2 aromatic carbocycles. The van der Waals surface area contributed by atoms with Crippen molar-refractivity contribution in [3.63, 3.8) is 0 Å². The Morgan fingerprint density at radius 1 is 1.28 bits per heavy atom. The van der Waals surface area contributed by atoms with E-state index in [0.717, 1.165) is 53.7 Å². The van der Waals surface area contributed by atoms with Gasteiger partial charge in [0.25, 0.3) is 0 Å². The lowest BCUT2D eigenvalue weighted by Crippen LogP contribution is -2.30. The van der Waals surface area contributed by atoms with Crippen molar-refractivity contribution in [2.45, 2.75) is 18.9 Å². The summed E-state index contributed by atoms with van der Waals surface area (Å²) in [6, 6.07) is 11.9. The lowest BCUT2D eigenvalue weighted by molar-refractivity contribution is -0.107. The van der Waals surface area contributed by atoms with Crippen LogP contribution in [-0.2, 0) is 9.53 Å². The lowest BCUT2D eigenvalue weighted by Gasteiger charge is -2.21. The smallest absolute Gasteiger partial charge is 0.214 e. The van der Waals surface area contributed by atoms with Crippen LogP contribution < -0.4 is 4.90 Å². The molecule has 1 atom stereocenters. The van der Waals surface area contributed by atoms with E-state index in [1.54, 1.807) is 17.0 Å². The quantitative estimate of drug-likeness (QED) is 0.724. The fourth-order valence-corrected chi connectivity index (χ4v) is 3.23. The van der Waals surface area contributed by atoms with Crippen LogP contribution in [0.5, 0.6) is 0 Å². The Morgan fingerprint density at radius 3 is 2.84 bits per heavy atom. The van der Waals surface area contributed by atoms with E-state index in [1.807, 2.05) is 18.2 Å². The second-order valence-corrected chi connectivity index (χ2v) is 6.20. The van der Waals surface area contributed by atoms with Crippen LogP contribution in [0.1, 0.15) is 12.8 Å². The van der Waals surface area contributed by atoms with Gasteiger partial charge in [-0.3, -0.25) is 9.89 Å². The summed E-state index contributed by atoms with van der Waals surface area (Å²) in [5.74, 6) is -0.284. The molecule has 1 aliphatic heterocycles. The maximum Gasteiger partial charge on any atom is 0.214 e. The maximum atomic E-state index is 13.2. The monoisotopic (exact) mass is 339 g/mol. The molecule has 1 saturated heterocycles. The Morgan fingerprint density at radius 2 is 2.12 bits per heavy atom. The summed E-state index contributed by atoms with van der Waals surface area (Å²) in [5, 5.41) is 8.22. The zero-order chi connectivity index (χ0) is 17.2. The number of ether oxygens (including phenoxy) is 1. The molecule has 6 heteroatoms. The van der Waals surface area contributed by atoms with Crippen molar-refractivity contribution in [2.75, 3.05) is 18.1 Å². The molecule has 0 aliphatic carbocycles. The first-order chi connectivity index (χ1) is 12.2. The molecule has 1 fully saturated rings. The first-order valence-electron chi connectivity index (χ1n) is 8.32. The minimum absolute atomic E-state index is 0.0850. The zero-order valence-electron chi connectivity index (χ0n) is 13.6. The highest BCUT2D eigenvalue weighted by molar-refractivity contribution is 5.96. The van der Waals surface area contributed by atoms with Gasteiger partial charge in [-0.05, 0) is 55.3 Å². The average Bonchev–Trinajstić information content (AvgIpc) is 3.29. The van der Waals surface area contributed by atoms with Crippen molar-refractivity contribution in [1.82, 2.24) is 10.2 Å². The normalized spacial score (nSPS) is 17.1. The highest BCUT2D eigenvalue weighted by Crippen LogP contribution is 2.30. The van der Waals surface area contributed by atoms with Crippen LogP contribution in [0.4, 0.5) is 10.1 Å². The van der Waals surface area contributed by atoms with E-state index >= 15 is 0 Å². The van der Waals surface area contributed by atoms with Gasteiger partial charge in [0.15, 0.2) is 0 Å². The summed E-state index contributed by atoms with van der Waals surface area (Å²) in [7, 11) is 0. The van der Waals surface area contributed by atoms with Crippen molar-refractivity contribution in [3.05, 3.63) is 48.3 Å². The van der Waals surface area contributed by atoms with E-state index < -0.39 is 0 Å². The molecule has 1 aromatic heterocycles. The van der Waals surface area contributed by atoms with Crippen molar-refractivity contribution >= 4 is 23.0 Å². The molecule has 25 heavy (non-hydrogen) atoms. The number of amides is 1. The Balaban J connectivity index is 1.69. The molecule has 1 N–H and O–H groups in total. The summed E-state index contributed by atoms with van der Waals surface area (Å²) in [6.07, 6.45) is 2.92. The molecule has 3 aromatic rings. The summed E-state index contributed by atoms with van der Waals surface area (Å²) in [5.41, 5.74) is 3.22. The van der Waals surface area contributed by atoms with Crippen LogP contribution in [0.3, 0.4) is 0 Å². The van der Waals surface area contributed by atoms with Gasteiger partial charge in [0.2, 0.25) is 6.41 Å². The van der Waals surface area contributed by atoms with E-state index in [1.165, 1.54) is 12.1 Å². The van der Waals surface area contributed by atoms with E-state index in [9.17, 15) is 9.18 Å². The minimum Gasteiger partial charge on any atom is -0.376 e. The molecular formula is C19H18FN3O2. The van der Waals surface area contributed by atoms with Crippen molar-refractivity contribution in [3.8, 4) is 11.3 Å². The third-order valence-corrected chi connectivity index (χ3v) is 4.55. The molecule has 0 spiro atoms. The molecular weight excluding hydrogens is 321 g/mol. The Labute approximate surface area is 144 Å². The molecule has 1 unspecified atom stereocenters.